The van der Waals surface area contributed by atoms with E-state index in [1.807, 2.05) is 11.5 Å². The zero-order chi connectivity index (χ0) is 17.8. The van der Waals surface area contributed by atoms with Gasteiger partial charge in [0, 0.05) is 37.3 Å². The molecule has 1 fully saturated rings. The first-order chi connectivity index (χ1) is 12.1. The van der Waals surface area contributed by atoms with Crippen LogP contribution in [0.25, 0.3) is 0 Å². The fourth-order valence-electron chi connectivity index (χ4n) is 3.14. The van der Waals surface area contributed by atoms with E-state index in [9.17, 15) is 9.18 Å². The fourth-order valence-corrected chi connectivity index (χ4v) is 3.14. The molecule has 2 aromatic rings. The summed E-state index contributed by atoms with van der Waals surface area (Å²) in [7, 11) is 1.40. The predicted octanol–water partition coefficient (Wildman–Crippen LogP) is 2.86. The van der Waals surface area contributed by atoms with Crippen LogP contribution in [0.2, 0.25) is 0 Å². The van der Waals surface area contributed by atoms with Crippen LogP contribution in [-0.2, 0) is 6.54 Å². The van der Waals surface area contributed by atoms with Gasteiger partial charge in [0.2, 0.25) is 0 Å². The van der Waals surface area contributed by atoms with Gasteiger partial charge in [0.1, 0.15) is 12.2 Å². The molecule has 0 radical (unpaired) electrons. The number of anilines is 1. The van der Waals surface area contributed by atoms with Crippen molar-refractivity contribution < 1.29 is 13.9 Å². The van der Waals surface area contributed by atoms with Gasteiger partial charge in [-0.2, -0.15) is 0 Å². The molecule has 1 aliphatic rings. The van der Waals surface area contributed by atoms with Gasteiger partial charge >= 0.3 is 6.03 Å². The minimum absolute atomic E-state index is 0.148. The molecular formula is C17H22FN5O2. The van der Waals surface area contributed by atoms with Gasteiger partial charge in [0.05, 0.1) is 7.11 Å². The molecule has 8 heteroatoms. The lowest BCUT2D eigenvalue weighted by molar-refractivity contribution is 0.190. The molecule has 1 saturated heterocycles. The van der Waals surface area contributed by atoms with Gasteiger partial charge in [-0.1, -0.05) is 0 Å². The third-order valence-corrected chi connectivity index (χ3v) is 4.46. The van der Waals surface area contributed by atoms with E-state index in [0.717, 1.165) is 25.2 Å². The van der Waals surface area contributed by atoms with Gasteiger partial charge in [-0.25, -0.2) is 9.18 Å². The lowest BCUT2D eigenvalue weighted by atomic mass is 9.97. The summed E-state index contributed by atoms with van der Waals surface area (Å²) >= 11 is 0. The summed E-state index contributed by atoms with van der Waals surface area (Å²) in [5, 5.41) is 10.9. The third kappa shape index (κ3) is 3.72. The van der Waals surface area contributed by atoms with Crippen LogP contribution in [0, 0.1) is 5.82 Å². The lowest BCUT2D eigenvalue weighted by Crippen LogP contribution is -2.42. The second-order valence-electron chi connectivity index (χ2n) is 6.04. The number of amides is 2. The second kappa shape index (κ2) is 7.50. The fraction of sp³-hybridized carbons (Fsp3) is 0.471. The number of aryl methyl sites for hydroxylation is 1. The number of halogens is 1. The third-order valence-electron chi connectivity index (χ3n) is 4.46. The Morgan fingerprint density at radius 2 is 2.32 bits per heavy atom. The van der Waals surface area contributed by atoms with E-state index in [-0.39, 0.29) is 17.7 Å². The van der Waals surface area contributed by atoms with Gasteiger partial charge in [-0.15, -0.1) is 10.2 Å². The van der Waals surface area contributed by atoms with Crippen LogP contribution in [0.4, 0.5) is 14.9 Å². The van der Waals surface area contributed by atoms with E-state index < -0.39 is 5.82 Å². The number of carbonyl (C=O) groups is 1. The van der Waals surface area contributed by atoms with Gasteiger partial charge < -0.3 is 19.5 Å². The van der Waals surface area contributed by atoms with E-state index in [0.29, 0.717) is 18.8 Å². The number of hydrogen-bond donors (Lipinski definition) is 1. The molecule has 1 aromatic carbocycles. The van der Waals surface area contributed by atoms with Gasteiger partial charge in [0.15, 0.2) is 11.6 Å². The highest BCUT2D eigenvalue weighted by molar-refractivity contribution is 5.89. The topological polar surface area (TPSA) is 72.3 Å². The number of hydrogen-bond acceptors (Lipinski definition) is 4. The van der Waals surface area contributed by atoms with Crippen LogP contribution >= 0.6 is 0 Å². The number of aromatic nitrogens is 3. The van der Waals surface area contributed by atoms with E-state index in [2.05, 4.69) is 15.5 Å². The summed E-state index contributed by atoms with van der Waals surface area (Å²) in [6.07, 6.45) is 3.58. The van der Waals surface area contributed by atoms with E-state index in [1.165, 1.54) is 19.2 Å². The smallest absolute Gasteiger partial charge is 0.321 e. The molecule has 25 heavy (non-hydrogen) atoms. The SMILES string of the molecule is CCn1cnnc1[C@@H]1CCCN(C(=O)Nc2ccc(OC)c(F)c2)C1. The van der Waals surface area contributed by atoms with E-state index >= 15 is 0 Å². The molecule has 2 heterocycles. The molecule has 0 aliphatic carbocycles. The van der Waals surface area contributed by atoms with Gasteiger partial charge in [0.25, 0.3) is 0 Å². The van der Waals surface area contributed by atoms with Crippen LogP contribution in [-0.4, -0.2) is 45.9 Å². The number of rotatable bonds is 4. The van der Waals surface area contributed by atoms with Crippen LogP contribution in [0.15, 0.2) is 24.5 Å². The number of benzene rings is 1. The molecule has 1 N–H and O–H groups in total. The molecule has 2 amide bonds. The Hall–Kier alpha value is -2.64. The van der Waals surface area contributed by atoms with Crippen LogP contribution in [0.1, 0.15) is 31.5 Å². The summed E-state index contributed by atoms with van der Waals surface area (Å²) in [6.45, 7) is 4.08. The Labute approximate surface area is 145 Å². The highest BCUT2D eigenvalue weighted by Crippen LogP contribution is 2.26. The van der Waals surface area contributed by atoms with Crippen molar-refractivity contribution in [2.45, 2.75) is 32.2 Å². The summed E-state index contributed by atoms with van der Waals surface area (Å²) < 4.78 is 20.7. The Bertz CT molecular complexity index is 748. The summed E-state index contributed by atoms with van der Waals surface area (Å²) in [6, 6.07) is 4.13. The molecule has 7 nitrogen and oxygen atoms in total. The lowest BCUT2D eigenvalue weighted by Gasteiger charge is -2.32. The van der Waals surface area contributed by atoms with E-state index in [1.54, 1.807) is 17.3 Å². The monoisotopic (exact) mass is 347 g/mol. The predicted molar refractivity (Wildman–Crippen MR) is 91.2 cm³/mol. The normalized spacial score (nSPS) is 17.4. The molecule has 0 spiro atoms. The first kappa shape index (κ1) is 17.2. The Morgan fingerprint density at radius 1 is 1.48 bits per heavy atom. The van der Waals surface area contributed by atoms with Gasteiger partial charge in [-0.05, 0) is 31.9 Å². The molecule has 3 rings (SSSR count). The quantitative estimate of drug-likeness (QED) is 0.923. The number of likely N-dealkylation sites (tertiary alicyclic amines) is 1. The molecule has 0 saturated carbocycles. The zero-order valence-corrected chi connectivity index (χ0v) is 14.4. The summed E-state index contributed by atoms with van der Waals surface area (Å²) in [5.74, 6) is 0.716. The number of urea groups is 1. The molecule has 1 aliphatic heterocycles. The largest absolute Gasteiger partial charge is 0.494 e. The summed E-state index contributed by atoms with van der Waals surface area (Å²) in [5.41, 5.74) is 0.405. The van der Waals surface area contributed by atoms with Crippen molar-refractivity contribution in [2.24, 2.45) is 0 Å². The Balaban J connectivity index is 1.67. The standard InChI is InChI=1S/C17H22FN5O2/c1-3-22-11-19-21-16(22)12-5-4-8-23(10-12)17(24)20-13-6-7-15(25-2)14(18)9-13/h6-7,9,11-12H,3-5,8,10H2,1-2H3,(H,20,24)/t12-/m1/s1. The molecular weight excluding hydrogens is 325 g/mol. The van der Waals surface area contributed by atoms with Crippen molar-refractivity contribution in [1.29, 1.82) is 0 Å². The second-order valence-corrected chi connectivity index (χ2v) is 6.04. The minimum atomic E-state index is -0.507. The van der Waals surface area contributed by atoms with Crippen molar-refractivity contribution in [1.82, 2.24) is 19.7 Å². The Morgan fingerprint density at radius 3 is 3.04 bits per heavy atom. The number of piperidine rings is 1. The number of ether oxygens (including phenoxy) is 1. The van der Waals surface area contributed by atoms with E-state index in [4.69, 9.17) is 4.74 Å². The first-order valence-corrected chi connectivity index (χ1v) is 8.39. The molecule has 1 aromatic heterocycles. The Kier molecular flexibility index (Phi) is 5.16. The maximum Gasteiger partial charge on any atom is 0.321 e. The molecule has 134 valence electrons. The number of nitrogens with zero attached hydrogens (tertiary/aromatic N) is 4. The number of methoxy groups -OCH3 is 1. The average Bonchev–Trinajstić information content (AvgIpc) is 3.11. The van der Waals surface area contributed by atoms with Crippen molar-refractivity contribution in [3.8, 4) is 5.75 Å². The maximum atomic E-state index is 13.8. The molecule has 0 bridgehead atoms. The van der Waals surface area contributed by atoms with Crippen molar-refractivity contribution in [3.63, 3.8) is 0 Å². The first-order valence-electron chi connectivity index (χ1n) is 8.39. The number of carbonyl (C=O) groups excluding carboxylic acids is 1. The summed E-state index contributed by atoms with van der Waals surface area (Å²) in [4.78, 5) is 14.3. The minimum Gasteiger partial charge on any atom is -0.494 e. The van der Waals surface area contributed by atoms with Crippen LogP contribution < -0.4 is 10.1 Å². The zero-order valence-electron chi connectivity index (χ0n) is 14.4. The van der Waals surface area contributed by atoms with Crippen LogP contribution in [0.3, 0.4) is 0 Å². The molecule has 1 atom stereocenters. The van der Waals surface area contributed by atoms with Gasteiger partial charge in [-0.3, -0.25) is 0 Å². The average molecular weight is 347 g/mol. The van der Waals surface area contributed by atoms with Crippen molar-refractivity contribution in [3.05, 3.63) is 36.2 Å². The van der Waals surface area contributed by atoms with Crippen molar-refractivity contribution in [2.75, 3.05) is 25.5 Å². The van der Waals surface area contributed by atoms with Crippen molar-refractivity contribution >= 4 is 11.7 Å². The number of nitrogens with one attached hydrogen (secondary N) is 1. The maximum absolute atomic E-state index is 13.8. The molecule has 0 unspecified atom stereocenters. The highest BCUT2D eigenvalue weighted by Gasteiger charge is 2.27. The highest BCUT2D eigenvalue weighted by atomic mass is 19.1. The van der Waals surface area contributed by atoms with Crippen LogP contribution in [0.5, 0.6) is 5.75 Å².